The van der Waals surface area contributed by atoms with E-state index in [-0.39, 0.29) is 6.04 Å². The molecule has 2 nitrogen and oxygen atoms in total. The number of nitrogens with zero attached hydrogens (tertiary/aromatic N) is 1. The van der Waals surface area contributed by atoms with Gasteiger partial charge in [0.05, 0.1) is 16.1 Å². The van der Waals surface area contributed by atoms with Crippen molar-refractivity contribution in [3.05, 3.63) is 49.3 Å². The number of thiazole rings is 1. The Morgan fingerprint density at radius 3 is 2.63 bits per heavy atom. The van der Waals surface area contributed by atoms with Crippen LogP contribution >= 0.6 is 46.1 Å². The van der Waals surface area contributed by atoms with Gasteiger partial charge >= 0.3 is 0 Å². The maximum atomic E-state index is 6.18. The van der Waals surface area contributed by atoms with Crippen molar-refractivity contribution in [2.24, 2.45) is 0 Å². The van der Waals surface area contributed by atoms with Crippen LogP contribution in [0.15, 0.2) is 23.7 Å². The van der Waals surface area contributed by atoms with Gasteiger partial charge < -0.3 is 5.32 Å². The second-order valence-electron chi connectivity index (χ2n) is 4.03. The van der Waals surface area contributed by atoms with Gasteiger partial charge in [-0.2, -0.15) is 0 Å². The van der Waals surface area contributed by atoms with Gasteiger partial charge in [0.1, 0.15) is 5.01 Å². The maximum Gasteiger partial charge on any atom is 0.109 e. The Balaban J connectivity index is 2.12. The summed E-state index contributed by atoms with van der Waals surface area (Å²) in [4.78, 5) is 4.33. The SMILES string of the molecule is CCC(NCc1c(Cl)ccc(Cl)c1Cl)c1nccs1. The lowest BCUT2D eigenvalue weighted by atomic mass is 10.2. The van der Waals surface area contributed by atoms with E-state index in [1.165, 1.54) is 0 Å². The average molecular weight is 336 g/mol. The molecule has 1 aromatic carbocycles. The standard InChI is InChI=1S/C13H13Cl3N2S/c1-2-11(13-17-5-6-19-13)18-7-8-9(14)3-4-10(15)12(8)16/h3-6,11,18H,2,7H2,1H3. The minimum Gasteiger partial charge on any atom is -0.304 e. The lowest BCUT2D eigenvalue weighted by Crippen LogP contribution is -2.20. The van der Waals surface area contributed by atoms with Gasteiger partial charge in [-0.25, -0.2) is 4.98 Å². The van der Waals surface area contributed by atoms with Crippen LogP contribution in [-0.4, -0.2) is 4.98 Å². The van der Waals surface area contributed by atoms with Gasteiger partial charge in [0.25, 0.3) is 0 Å². The Morgan fingerprint density at radius 2 is 2.00 bits per heavy atom. The normalized spacial score (nSPS) is 12.6. The Morgan fingerprint density at radius 1 is 1.26 bits per heavy atom. The number of halogens is 3. The first-order valence-corrected chi connectivity index (χ1v) is 7.90. The van der Waals surface area contributed by atoms with Crippen molar-refractivity contribution in [3.8, 4) is 0 Å². The minimum absolute atomic E-state index is 0.200. The van der Waals surface area contributed by atoms with E-state index in [0.717, 1.165) is 17.0 Å². The molecule has 0 bridgehead atoms. The number of hydrogen-bond acceptors (Lipinski definition) is 3. The Labute approximate surface area is 131 Å². The molecule has 19 heavy (non-hydrogen) atoms. The zero-order valence-corrected chi connectivity index (χ0v) is 13.4. The number of nitrogens with one attached hydrogen (secondary N) is 1. The third-order valence-corrected chi connectivity index (χ3v) is 4.91. The zero-order chi connectivity index (χ0) is 13.8. The van der Waals surface area contributed by atoms with Crippen LogP contribution in [0.25, 0.3) is 0 Å². The summed E-state index contributed by atoms with van der Waals surface area (Å²) in [6.07, 6.45) is 2.76. The third-order valence-electron chi connectivity index (χ3n) is 2.82. The van der Waals surface area contributed by atoms with Gasteiger partial charge in [-0.15, -0.1) is 11.3 Å². The highest BCUT2D eigenvalue weighted by Crippen LogP contribution is 2.32. The van der Waals surface area contributed by atoms with E-state index in [1.807, 2.05) is 11.6 Å². The fourth-order valence-electron chi connectivity index (χ4n) is 1.77. The maximum absolute atomic E-state index is 6.18. The molecule has 0 aliphatic rings. The molecule has 0 aliphatic carbocycles. The van der Waals surface area contributed by atoms with E-state index in [1.54, 1.807) is 23.5 Å². The molecule has 1 aromatic heterocycles. The third kappa shape index (κ3) is 3.61. The monoisotopic (exact) mass is 334 g/mol. The lowest BCUT2D eigenvalue weighted by Gasteiger charge is -2.16. The van der Waals surface area contributed by atoms with Crippen molar-refractivity contribution in [3.63, 3.8) is 0 Å². The number of aromatic nitrogens is 1. The van der Waals surface area contributed by atoms with Gasteiger partial charge in [0.2, 0.25) is 0 Å². The van der Waals surface area contributed by atoms with E-state index >= 15 is 0 Å². The molecule has 0 amide bonds. The molecule has 6 heteroatoms. The van der Waals surface area contributed by atoms with Gasteiger partial charge in [-0.05, 0) is 18.6 Å². The molecule has 1 heterocycles. The van der Waals surface area contributed by atoms with Crippen LogP contribution in [0.3, 0.4) is 0 Å². The van der Waals surface area contributed by atoms with Crippen LogP contribution in [-0.2, 0) is 6.54 Å². The van der Waals surface area contributed by atoms with Crippen LogP contribution in [0.1, 0.15) is 30.0 Å². The first-order chi connectivity index (χ1) is 9.13. The largest absolute Gasteiger partial charge is 0.304 e. The van der Waals surface area contributed by atoms with Gasteiger partial charge in [-0.3, -0.25) is 0 Å². The molecule has 0 aliphatic heterocycles. The topological polar surface area (TPSA) is 24.9 Å². The molecule has 0 spiro atoms. The van der Waals surface area contributed by atoms with Crippen molar-refractivity contribution in [1.82, 2.24) is 10.3 Å². The molecule has 1 unspecified atom stereocenters. The van der Waals surface area contributed by atoms with E-state index in [9.17, 15) is 0 Å². The van der Waals surface area contributed by atoms with E-state index in [0.29, 0.717) is 21.6 Å². The van der Waals surface area contributed by atoms with E-state index in [2.05, 4.69) is 17.2 Å². The second kappa shape index (κ2) is 6.91. The molecule has 0 radical (unpaired) electrons. The second-order valence-corrected chi connectivity index (χ2v) is 6.15. The van der Waals surface area contributed by atoms with Crippen molar-refractivity contribution < 1.29 is 0 Å². The van der Waals surface area contributed by atoms with Crippen molar-refractivity contribution in [1.29, 1.82) is 0 Å². The molecule has 1 atom stereocenters. The number of hydrogen-bond donors (Lipinski definition) is 1. The first-order valence-electron chi connectivity index (χ1n) is 5.88. The Hall–Kier alpha value is -0.320. The molecular weight excluding hydrogens is 323 g/mol. The van der Waals surface area contributed by atoms with Gasteiger partial charge in [-0.1, -0.05) is 41.7 Å². The van der Waals surface area contributed by atoms with Gasteiger partial charge in [0, 0.05) is 28.7 Å². The summed E-state index contributed by atoms with van der Waals surface area (Å²) in [7, 11) is 0. The van der Waals surface area contributed by atoms with E-state index < -0.39 is 0 Å². The predicted octanol–water partition coefficient (Wildman–Crippen LogP) is 5.34. The predicted molar refractivity (Wildman–Crippen MR) is 83.5 cm³/mol. The molecule has 102 valence electrons. The summed E-state index contributed by atoms with van der Waals surface area (Å²) in [6.45, 7) is 2.68. The number of benzene rings is 1. The zero-order valence-electron chi connectivity index (χ0n) is 10.3. The summed E-state index contributed by atoms with van der Waals surface area (Å²) in [5, 5.41) is 8.10. The van der Waals surface area contributed by atoms with Crippen LogP contribution in [0.2, 0.25) is 15.1 Å². The molecule has 0 saturated carbocycles. The minimum atomic E-state index is 0.200. The smallest absolute Gasteiger partial charge is 0.109 e. The molecule has 2 rings (SSSR count). The van der Waals surface area contributed by atoms with E-state index in [4.69, 9.17) is 34.8 Å². The number of rotatable bonds is 5. The molecule has 0 saturated heterocycles. The highest BCUT2D eigenvalue weighted by Gasteiger charge is 2.14. The first kappa shape index (κ1) is 15.1. The van der Waals surface area contributed by atoms with Crippen molar-refractivity contribution >= 4 is 46.1 Å². The van der Waals surface area contributed by atoms with Crippen LogP contribution < -0.4 is 5.32 Å². The van der Waals surface area contributed by atoms with Crippen LogP contribution in [0.5, 0.6) is 0 Å². The van der Waals surface area contributed by atoms with Crippen molar-refractivity contribution in [2.45, 2.75) is 25.9 Å². The molecule has 1 N–H and O–H groups in total. The molecule has 0 fully saturated rings. The van der Waals surface area contributed by atoms with Crippen LogP contribution in [0, 0.1) is 0 Å². The Bertz CT molecular complexity index is 543. The average Bonchev–Trinajstić information content (AvgIpc) is 2.92. The van der Waals surface area contributed by atoms with Crippen molar-refractivity contribution in [2.75, 3.05) is 0 Å². The summed E-state index contributed by atoms with van der Waals surface area (Å²) >= 11 is 20.0. The highest BCUT2D eigenvalue weighted by molar-refractivity contribution is 7.09. The summed E-state index contributed by atoms with van der Waals surface area (Å²) in [5.41, 5.74) is 0.825. The fraction of sp³-hybridized carbons (Fsp3) is 0.308. The van der Waals surface area contributed by atoms with Crippen LogP contribution in [0.4, 0.5) is 0 Å². The summed E-state index contributed by atoms with van der Waals surface area (Å²) in [6, 6.07) is 3.66. The summed E-state index contributed by atoms with van der Waals surface area (Å²) < 4.78 is 0. The highest BCUT2D eigenvalue weighted by atomic mass is 35.5. The Kier molecular flexibility index (Phi) is 5.48. The summed E-state index contributed by atoms with van der Waals surface area (Å²) in [5.74, 6) is 0. The lowest BCUT2D eigenvalue weighted by molar-refractivity contribution is 0.517. The molecule has 2 aromatic rings. The fourth-order valence-corrected chi connectivity index (χ4v) is 3.25. The van der Waals surface area contributed by atoms with Gasteiger partial charge in [0.15, 0.2) is 0 Å². The quantitative estimate of drug-likeness (QED) is 0.746. The molecular formula is C13H13Cl3N2S.